The number of nitrogens with one attached hydrogen (secondary N) is 1. The van der Waals surface area contributed by atoms with Crippen LogP contribution in [-0.4, -0.2) is 12.6 Å². The standard InChI is InChI=1S/C10H21N/c1-5-9(4)8-10(6-2)11-7-3/h10-11H,4-8H2,1-3H3. The summed E-state index contributed by atoms with van der Waals surface area (Å²) >= 11 is 0. The second kappa shape index (κ2) is 6.41. The highest BCUT2D eigenvalue weighted by Gasteiger charge is 2.04. The molecule has 0 heterocycles. The van der Waals surface area contributed by atoms with E-state index in [1.54, 1.807) is 0 Å². The smallest absolute Gasteiger partial charge is 0.0101 e. The van der Waals surface area contributed by atoms with Crippen LogP contribution in [0.4, 0.5) is 0 Å². The molecule has 1 atom stereocenters. The molecular weight excluding hydrogens is 134 g/mol. The van der Waals surface area contributed by atoms with Crippen LogP contribution in [0, 0.1) is 0 Å². The summed E-state index contributed by atoms with van der Waals surface area (Å²) in [6.07, 6.45) is 3.45. The molecule has 1 unspecified atom stereocenters. The van der Waals surface area contributed by atoms with Crippen LogP contribution in [0.3, 0.4) is 0 Å². The zero-order valence-corrected chi connectivity index (χ0v) is 8.11. The first-order chi connectivity index (χ1) is 5.24. The van der Waals surface area contributed by atoms with E-state index in [2.05, 4.69) is 32.7 Å². The van der Waals surface area contributed by atoms with Gasteiger partial charge in [0.25, 0.3) is 0 Å². The summed E-state index contributed by atoms with van der Waals surface area (Å²) in [6.45, 7) is 11.6. The maximum Gasteiger partial charge on any atom is 0.0101 e. The zero-order chi connectivity index (χ0) is 8.69. The third kappa shape index (κ3) is 5.02. The average molecular weight is 155 g/mol. The van der Waals surface area contributed by atoms with E-state index in [9.17, 15) is 0 Å². The predicted octanol–water partition coefficient (Wildman–Crippen LogP) is 2.73. The minimum absolute atomic E-state index is 0.646. The van der Waals surface area contributed by atoms with Crippen LogP contribution in [0.15, 0.2) is 12.2 Å². The van der Waals surface area contributed by atoms with Gasteiger partial charge < -0.3 is 5.32 Å². The minimum Gasteiger partial charge on any atom is -0.314 e. The fraction of sp³-hybridized carbons (Fsp3) is 0.800. The second-order valence-electron chi connectivity index (χ2n) is 2.97. The molecule has 1 nitrogen and oxygen atoms in total. The number of rotatable bonds is 6. The topological polar surface area (TPSA) is 12.0 Å². The summed E-state index contributed by atoms with van der Waals surface area (Å²) in [7, 11) is 0. The molecule has 0 saturated heterocycles. The van der Waals surface area contributed by atoms with Gasteiger partial charge in [0.2, 0.25) is 0 Å². The largest absolute Gasteiger partial charge is 0.314 e. The third-order valence-corrected chi connectivity index (χ3v) is 2.02. The first-order valence-corrected chi connectivity index (χ1v) is 4.64. The van der Waals surface area contributed by atoms with Crippen molar-refractivity contribution in [2.45, 2.75) is 46.1 Å². The Kier molecular flexibility index (Phi) is 6.24. The van der Waals surface area contributed by atoms with E-state index in [1.165, 1.54) is 12.0 Å². The summed E-state index contributed by atoms with van der Waals surface area (Å²) < 4.78 is 0. The summed E-state index contributed by atoms with van der Waals surface area (Å²) in [5.41, 5.74) is 1.36. The van der Waals surface area contributed by atoms with Crippen LogP contribution in [0.25, 0.3) is 0 Å². The lowest BCUT2D eigenvalue weighted by Crippen LogP contribution is -2.28. The molecule has 1 N–H and O–H groups in total. The lowest BCUT2D eigenvalue weighted by Gasteiger charge is -2.16. The quantitative estimate of drug-likeness (QED) is 0.582. The molecule has 0 radical (unpaired) electrons. The summed E-state index contributed by atoms with van der Waals surface area (Å²) in [5.74, 6) is 0. The Labute approximate surface area is 70.9 Å². The number of hydrogen-bond donors (Lipinski definition) is 1. The molecular formula is C10H21N. The third-order valence-electron chi connectivity index (χ3n) is 2.02. The van der Waals surface area contributed by atoms with Gasteiger partial charge >= 0.3 is 0 Å². The van der Waals surface area contributed by atoms with E-state index in [1.807, 2.05) is 0 Å². The van der Waals surface area contributed by atoms with Crippen LogP contribution < -0.4 is 5.32 Å². The average Bonchev–Trinajstić information content (AvgIpc) is 2.03. The lowest BCUT2D eigenvalue weighted by atomic mass is 10.0. The molecule has 0 aromatic rings. The van der Waals surface area contributed by atoms with E-state index in [4.69, 9.17) is 0 Å². The fourth-order valence-electron chi connectivity index (χ4n) is 1.14. The molecule has 0 amide bonds. The Morgan fingerprint density at radius 3 is 2.36 bits per heavy atom. The van der Waals surface area contributed by atoms with Gasteiger partial charge in [-0.05, 0) is 25.8 Å². The van der Waals surface area contributed by atoms with Gasteiger partial charge in [-0.1, -0.05) is 32.9 Å². The summed E-state index contributed by atoms with van der Waals surface area (Å²) in [5, 5.41) is 3.44. The first kappa shape index (κ1) is 10.7. The van der Waals surface area contributed by atoms with Crippen LogP contribution in [-0.2, 0) is 0 Å². The highest BCUT2D eigenvalue weighted by atomic mass is 14.9. The van der Waals surface area contributed by atoms with Gasteiger partial charge in [-0.15, -0.1) is 0 Å². The molecule has 11 heavy (non-hydrogen) atoms. The number of hydrogen-bond acceptors (Lipinski definition) is 1. The Morgan fingerprint density at radius 1 is 1.36 bits per heavy atom. The van der Waals surface area contributed by atoms with Crippen molar-refractivity contribution in [2.75, 3.05) is 6.54 Å². The van der Waals surface area contributed by atoms with Crippen molar-refractivity contribution in [3.63, 3.8) is 0 Å². The van der Waals surface area contributed by atoms with Gasteiger partial charge in [0.1, 0.15) is 0 Å². The molecule has 66 valence electrons. The van der Waals surface area contributed by atoms with E-state index in [0.29, 0.717) is 6.04 Å². The monoisotopic (exact) mass is 155 g/mol. The van der Waals surface area contributed by atoms with Gasteiger partial charge in [0.05, 0.1) is 0 Å². The molecule has 0 bridgehead atoms. The highest BCUT2D eigenvalue weighted by Crippen LogP contribution is 2.08. The predicted molar refractivity (Wildman–Crippen MR) is 51.8 cm³/mol. The van der Waals surface area contributed by atoms with Crippen molar-refractivity contribution in [1.82, 2.24) is 5.32 Å². The van der Waals surface area contributed by atoms with Crippen molar-refractivity contribution in [2.24, 2.45) is 0 Å². The maximum absolute atomic E-state index is 4.00. The van der Waals surface area contributed by atoms with Gasteiger partial charge in [0, 0.05) is 6.04 Å². The van der Waals surface area contributed by atoms with Crippen LogP contribution in [0.1, 0.15) is 40.0 Å². The van der Waals surface area contributed by atoms with E-state index < -0.39 is 0 Å². The van der Waals surface area contributed by atoms with Crippen molar-refractivity contribution in [3.05, 3.63) is 12.2 Å². The minimum atomic E-state index is 0.646. The van der Waals surface area contributed by atoms with Crippen LogP contribution in [0.2, 0.25) is 0 Å². The molecule has 0 aliphatic heterocycles. The highest BCUT2D eigenvalue weighted by molar-refractivity contribution is 4.96. The maximum atomic E-state index is 4.00. The Morgan fingerprint density at radius 2 is 2.00 bits per heavy atom. The second-order valence-corrected chi connectivity index (χ2v) is 2.97. The summed E-state index contributed by atoms with van der Waals surface area (Å²) in [4.78, 5) is 0. The SMILES string of the molecule is C=C(CC)CC(CC)NCC. The van der Waals surface area contributed by atoms with E-state index in [-0.39, 0.29) is 0 Å². The van der Waals surface area contributed by atoms with Gasteiger partial charge in [0.15, 0.2) is 0 Å². The lowest BCUT2D eigenvalue weighted by molar-refractivity contribution is 0.505. The van der Waals surface area contributed by atoms with Crippen molar-refractivity contribution in [3.8, 4) is 0 Å². The van der Waals surface area contributed by atoms with Crippen molar-refractivity contribution in [1.29, 1.82) is 0 Å². The molecule has 0 spiro atoms. The molecule has 0 fully saturated rings. The Bertz CT molecular complexity index is 107. The van der Waals surface area contributed by atoms with Crippen LogP contribution >= 0.6 is 0 Å². The molecule has 0 aliphatic rings. The van der Waals surface area contributed by atoms with Crippen molar-refractivity contribution >= 4 is 0 Å². The van der Waals surface area contributed by atoms with E-state index in [0.717, 1.165) is 19.4 Å². The Hall–Kier alpha value is -0.300. The normalized spacial score (nSPS) is 13.0. The van der Waals surface area contributed by atoms with Gasteiger partial charge in [-0.3, -0.25) is 0 Å². The molecule has 1 heteroatoms. The zero-order valence-electron chi connectivity index (χ0n) is 8.11. The molecule has 0 aliphatic carbocycles. The Balaban J connectivity index is 3.58. The molecule has 0 aromatic carbocycles. The molecule has 0 rings (SSSR count). The van der Waals surface area contributed by atoms with E-state index >= 15 is 0 Å². The van der Waals surface area contributed by atoms with Crippen molar-refractivity contribution < 1.29 is 0 Å². The summed E-state index contributed by atoms with van der Waals surface area (Å²) in [6, 6.07) is 0.646. The molecule has 0 saturated carbocycles. The fourth-order valence-corrected chi connectivity index (χ4v) is 1.14. The first-order valence-electron chi connectivity index (χ1n) is 4.64. The van der Waals surface area contributed by atoms with Gasteiger partial charge in [-0.25, -0.2) is 0 Å². The van der Waals surface area contributed by atoms with Gasteiger partial charge in [-0.2, -0.15) is 0 Å². The van der Waals surface area contributed by atoms with Crippen LogP contribution in [0.5, 0.6) is 0 Å². The molecule has 0 aromatic heterocycles.